The molecular weight excluding hydrogens is 411 g/mol. The summed E-state index contributed by atoms with van der Waals surface area (Å²) >= 11 is 4.62. The van der Waals surface area contributed by atoms with E-state index >= 15 is 0 Å². The van der Waals surface area contributed by atoms with E-state index in [2.05, 4.69) is 45.1 Å². The molecule has 2 rings (SSSR count). The number of halogens is 2. The van der Waals surface area contributed by atoms with Crippen molar-refractivity contribution in [1.29, 1.82) is 0 Å². The van der Waals surface area contributed by atoms with E-state index in [1.807, 2.05) is 5.48 Å². The molecule has 2 aromatic rings. The van der Waals surface area contributed by atoms with Crippen LogP contribution in [0.3, 0.4) is 0 Å². The third kappa shape index (κ3) is 5.52. The highest BCUT2D eigenvalue weighted by Crippen LogP contribution is 2.27. The first kappa shape index (κ1) is 19.9. The van der Waals surface area contributed by atoms with Crippen molar-refractivity contribution >= 4 is 39.2 Å². The molecule has 1 heterocycles. The predicted molar refractivity (Wildman–Crippen MR) is 98.9 cm³/mol. The quantitative estimate of drug-likeness (QED) is 0.266. The Balaban J connectivity index is 2.19. The van der Waals surface area contributed by atoms with Gasteiger partial charge >= 0.3 is 0 Å². The van der Waals surface area contributed by atoms with Crippen LogP contribution < -0.4 is 5.48 Å². The van der Waals surface area contributed by atoms with Crippen LogP contribution in [0.25, 0.3) is 0 Å². The van der Waals surface area contributed by atoms with E-state index in [1.165, 1.54) is 30.0 Å². The van der Waals surface area contributed by atoms with Gasteiger partial charge in [0.1, 0.15) is 5.82 Å². The first-order valence-electron chi connectivity index (χ1n) is 7.98. The van der Waals surface area contributed by atoms with Gasteiger partial charge in [-0.1, -0.05) is 26.7 Å². The van der Waals surface area contributed by atoms with Gasteiger partial charge < -0.3 is 0 Å². The van der Waals surface area contributed by atoms with E-state index in [-0.39, 0.29) is 10.3 Å². The lowest BCUT2D eigenvalue weighted by molar-refractivity contribution is 0.234. The minimum Gasteiger partial charge on any atom is -0.290 e. The number of thioether (sulfide) groups is 1. The average molecular weight is 431 g/mol. The van der Waals surface area contributed by atoms with Crippen molar-refractivity contribution in [2.45, 2.75) is 38.1 Å². The maximum absolute atomic E-state index is 13.3. The molecule has 0 aliphatic rings. The van der Waals surface area contributed by atoms with Crippen LogP contribution in [0.15, 0.2) is 37.3 Å². The van der Waals surface area contributed by atoms with Gasteiger partial charge in [0.2, 0.25) is 0 Å². The Labute approximate surface area is 158 Å². The zero-order valence-electron chi connectivity index (χ0n) is 14.0. The smallest absolute Gasteiger partial charge is 0.186 e. The molecule has 1 unspecified atom stereocenters. The van der Waals surface area contributed by atoms with Crippen LogP contribution in [0, 0.1) is 11.7 Å². The fraction of sp³-hybridized carbons (Fsp3) is 0.438. The normalized spacial score (nSPS) is 13.1. The molecule has 0 amide bonds. The van der Waals surface area contributed by atoms with E-state index < -0.39 is 5.82 Å². The Morgan fingerprint density at radius 2 is 2.24 bits per heavy atom. The summed E-state index contributed by atoms with van der Waals surface area (Å²) in [4.78, 5) is 4.25. The third-order valence-electron chi connectivity index (χ3n) is 3.66. The van der Waals surface area contributed by atoms with Gasteiger partial charge in [0.05, 0.1) is 10.2 Å². The number of hydrogen-bond acceptors (Lipinski definition) is 6. The molecule has 2 N–H and O–H groups in total. The number of hydrogen-bond donors (Lipinski definition) is 2. The van der Waals surface area contributed by atoms with Gasteiger partial charge in [0.15, 0.2) is 16.6 Å². The third-order valence-corrected chi connectivity index (χ3v) is 5.45. The van der Waals surface area contributed by atoms with E-state index in [1.54, 1.807) is 0 Å². The zero-order valence-corrected chi connectivity index (χ0v) is 16.4. The number of nitrogens with one attached hydrogen (secondary N) is 1. The maximum atomic E-state index is 13.3. The largest absolute Gasteiger partial charge is 0.290 e. The molecule has 0 aliphatic heterocycles. The van der Waals surface area contributed by atoms with Crippen LogP contribution >= 0.6 is 27.7 Å². The fourth-order valence-electron chi connectivity index (χ4n) is 2.24. The highest BCUT2D eigenvalue weighted by atomic mass is 79.9. The molecule has 0 saturated heterocycles. The predicted octanol–water partition coefficient (Wildman–Crippen LogP) is 4.95. The van der Waals surface area contributed by atoms with Gasteiger partial charge in [-0.05, 0) is 56.8 Å². The van der Waals surface area contributed by atoms with Gasteiger partial charge in [0.25, 0.3) is 0 Å². The Morgan fingerprint density at radius 3 is 2.88 bits per heavy atom. The van der Waals surface area contributed by atoms with Crippen LogP contribution in [0.2, 0.25) is 0 Å². The lowest BCUT2D eigenvalue weighted by Gasteiger charge is -2.12. The van der Waals surface area contributed by atoms with Gasteiger partial charge in [-0.25, -0.2) is 14.0 Å². The Bertz CT molecular complexity index is 726. The number of amidine groups is 1. The fourth-order valence-corrected chi connectivity index (χ4v) is 3.76. The lowest BCUT2D eigenvalue weighted by Crippen LogP contribution is -2.21. The van der Waals surface area contributed by atoms with Crippen molar-refractivity contribution in [3.63, 3.8) is 0 Å². The van der Waals surface area contributed by atoms with Gasteiger partial charge in [-0.15, -0.1) is 11.8 Å². The Morgan fingerprint density at radius 1 is 1.44 bits per heavy atom. The van der Waals surface area contributed by atoms with E-state index in [4.69, 9.17) is 4.63 Å². The van der Waals surface area contributed by atoms with Crippen LogP contribution in [0.4, 0.5) is 10.1 Å². The summed E-state index contributed by atoms with van der Waals surface area (Å²) in [5.41, 5.74) is 2.78. The molecule has 1 aromatic carbocycles. The highest BCUT2D eigenvalue weighted by Gasteiger charge is 2.18. The van der Waals surface area contributed by atoms with Crippen LogP contribution in [0.1, 0.15) is 38.8 Å². The van der Waals surface area contributed by atoms with E-state index in [0.29, 0.717) is 22.3 Å². The molecule has 136 valence electrons. The number of aromatic nitrogens is 2. The molecule has 6 nitrogen and oxygen atoms in total. The van der Waals surface area contributed by atoms with Crippen molar-refractivity contribution in [3.8, 4) is 0 Å². The van der Waals surface area contributed by atoms with Crippen molar-refractivity contribution < 1.29 is 14.2 Å². The number of benzene rings is 1. The van der Waals surface area contributed by atoms with E-state index in [0.717, 1.165) is 25.0 Å². The first-order valence-corrected chi connectivity index (χ1v) is 9.76. The van der Waals surface area contributed by atoms with Crippen LogP contribution in [-0.4, -0.2) is 27.1 Å². The van der Waals surface area contributed by atoms with Crippen LogP contribution in [0.5, 0.6) is 0 Å². The molecule has 9 heteroatoms. The summed E-state index contributed by atoms with van der Waals surface area (Å²) in [6.07, 6.45) is 3.37. The van der Waals surface area contributed by atoms with Crippen molar-refractivity contribution in [1.82, 2.24) is 15.8 Å². The summed E-state index contributed by atoms with van der Waals surface area (Å²) < 4.78 is 18.4. The number of nitrogens with zero attached hydrogens (tertiary/aromatic N) is 3. The van der Waals surface area contributed by atoms with Crippen molar-refractivity contribution in [3.05, 3.63) is 34.2 Å². The minimum atomic E-state index is -0.390. The van der Waals surface area contributed by atoms with Gasteiger partial charge in [-0.2, -0.15) is 0 Å². The topological polar surface area (TPSA) is 83.5 Å². The first-order chi connectivity index (χ1) is 12.1. The highest BCUT2D eigenvalue weighted by molar-refractivity contribution is 9.10. The summed E-state index contributed by atoms with van der Waals surface area (Å²) in [6, 6.07) is 4.28. The van der Waals surface area contributed by atoms with Crippen molar-refractivity contribution in [2.24, 2.45) is 10.9 Å². The molecule has 0 fully saturated rings. The van der Waals surface area contributed by atoms with Crippen molar-refractivity contribution in [2.75, 3.05) is 5.75 Å². The minimum absolute atomic E-state index is 0.0887. The lowest BCUT2D eigenvalue weighted by atomic mass is 10.0. The second-order valence-electron chi connectivity index (χ2n) is 5.46. The monoisotopic (exact) mass is 430 g/mol. The maximum Gasteiger partial charge on any atom is 0.186 e. The SMILES string of the molecule is CCCC(CC)CSc1nonc1C(=Nc1ccc(F)c(Br)c1)NO. The molecule has 0 radical (unpaired) electrons. The van der Waals surface area contributed by atoms with Gasteiger partial charge in [0, 0.05) is 5.75 Å². The van der Waals surface area contributed by atoms with E-state index in [9.17, 15) is 9.60 Å². The molecular formula is C16H20BrFN4O2S. The molecule has 0 bridgehead atoms. The van der Waals surface area contributed by atoms with Gasteiger partial charge in [-0.3, -0.25) is 10.7 Å². The summed E-state index contributed by atoms with van der Waals surface area (Å²) in [7, 11) is 0. The molecule has 0 saturated carbocycles. The molecule has 25 heavy (non-hydrogen) atoms. The van der Waals surface area contributed by atoms with Crippen LogP contribution in [-0.2, 0) is 0 Å². The zero-order chi connectivity index (χ0) is 18.2. The number of aliphatic imine (C=N–C) groups is 1. The molecule has 1 aromatic heterocycles. The number of rotatable bonds is 8. The molecule has 0 aliphatic carbocycles. The summed E-state index contributed by atoms with van der Waals surface area (Å²) in [5.74, 6) is 1.16. The summed E-state index contributed by atoms with van der Waals surface area (Å²) in [5, 5.41) is 17.7. The Kier molecular flexibility index (Phi) is 7.86. The second-order valence-corrected chi connectivity index (χ2v) is 7.33. The summed E-state index contributed by atoms with van der Waals surface area (Å²) in [6.45, 7) is 4.33. The number of hydroxylamine groups is 1. The standard InChI is InChI=1S/C16H20BrFN4O2S/c1-3-5-10(4-2)9-25-16-14(21-24-22-16)15(20-23)19-11-6-7-13(18)12(17)8-11/h6-8,10,23H,3-5,9H2,1-2H3,(H,19,20). The average Bonchev–Trinajstić information content (AvgIpc) is 3.07. The Hall–Kier alpha value is -1.45. The second kappa shape index (κ2) is 9.88. The molecule has 0 spiro atoms. The molecule has 1 atom stereocenters.